The van der Waals surface area contributed by atoms with Crippen molar-refractivity contribution in [1.29, 1.82) is 0 Å². The van der Waals surface area contributed by atoms with Gasteiger partial charge in [0, 0.05) is 23.9 Å². The molecule has 1 aliphatic rings. The number of carbonyl (C=O) groups excluding carboxylic acids is 1. The third-order valence-corrected chi connectivity index (χ3v) is 5.52. The van der Waals surface area contributed by atoms with Crippen LogP contribution < -0.4 is 10.9 Å². The van der Waals surface area contributed by atoms with Crippen molar-refractivity contribution < 1.29 is 9.18 Å². The van der Waals surface area contributed by atoms with Gasteiger partial charge in [0.1, 0.15) is 5.82 Å². The number of hydrogen-bond donors (Lipinski definition) is 1. The zero-order valence-corrected chi connectivity index (χ0v) is 16.6. The minimum atomic E-state index is -0.299. The molecule has 150 valence electrons. The molecule has 0 bridgehead atoms. The number of rotatable bonds is 6. The van der Waals surface area contributed by atoms with Crippen LogP contribution in [0.2, 0.25) is 0 Å². The molecule has 3 aromatic rings. The molecule has 0 radical (unpaired) electrons. The van der Waals surface area contributed by atoms with E-state index in [-0.39, 0.29) is 34.3 Å². The smallest absolute Gasteiger partial charge is 0.274 e. The number of carbonyl (C=O) groups is 1. The zero-order valence-electron chi connectivity index (χ0n) is 16.6. The molecule has 1 amide bonds. The average molecular weight is 393 g/mol. The van der Waals surface area contributed by atoms with E-state index >= 15 is 0 Å². The molecule has 0 atom stereocenters. The molecule has 0 spiro atoms. The summed E-state index contributed by atoms with van der Waals surface area (Å²) in [5.74, 6) is -0.339. The van der Waals surface area contributed by atoms with Crippen LogP contribution in [0.3, 0.4) is 0 Å². The minimum Gasteiger partial charge on any atom is -0.350 e. The van der Waals surface area contributed by atoms with E-state index in [0.717, 1.165) is 18.4 Å². The maximum absolute atomic E-state index is 13.2. The Labute approximate surface area is 168 Å². The number of fused-ring (bicyclic) bond motifs is 1. The molecule has 4 rings (SSSR count). The highest BCUT2D eigenvalue weighted by molar-refractivity contribution is 6.04. The van der Waals surface area contributed by atoms with Crippen molar-refractivity contribution in [3.63, 3.8) is 0 Å². The topological polar surface area (TPSA) is 64.0 Å². The second-order valence-corrected chi connectivity index (χ2v) is 8.25. The Kier molecular flexibility index (Phi) is 4.94. The summed E-state index contributed by atoms with van der Waals surface area (Å²) in [6.45, 7) is 4.91. The van der Waals surface area contributed by atoms with E-state index in [0.29, 0.717) is 23.9 Å². The third kappa shape index (κ3) is 3.79. The molecule has 1 aromatic heterocycles. The van der Waals surface area contributed by atoms with Gasteiger partial charge in [0.2, 0.25) is 0 Å². The largest absolute Gasteiger partial charge is 0.350 e. The monoisotopic (exact) mass is 393 g/mol. The van der Waals surface area contributed by atoms with Gasteiger partial charge in [-0.2, -0.15) is 5.10 Å². The van der Waals surface area contributed by atoms with E-state index in [1.54, 1.807) is 36.4 Å². The molecule has 5 nitrogen and oxygen atoms in total. The van der Waals surface area contributed by atoms with Crippen LogP contribution in [0.5, 0.6) is 0 Å². The molecule has 0 aliphatic heterocycles. The molecule has 0 unspecified atom stereocenters. The van der Waals surface area contributed by atoms with E-state index in [4.69, 9.17) is 0 Å². The molecule has 1 N–H and O–H groups in total. The summed E-state index contributed by atoms with van der Waals surface area (Å²) in [6.07, 6.45) is 1.89. The van der Waals surface area contributed by atoms with Gasteiger partial charge in [0.15, 0.2) is 5.69 Å². The number of hydrogen-bond acceptors (Lipinski definition) is 3. The first kappa shape index (κ1) is 19.3. The quantitative estimate of drug-likeness (QED) is 0.695. The first-order valence-electron chi connectivity index (χ1n) is 9.94. The maximum atomic E-state index is 13.2. The number of halogens is 1. The summed E-state index contributed by atoms with van der Waals surface area (Å²) < 4.78 is 14.6. The fourth-order valence-corrected chi connectivity index (χ4v) is 3.73. The van der Waals surface area contributed by atoms with Crippen LogP contribution in [0, 0.1) is 11.7 Å². The van der Waals surface area contributed by atoms with Crippen LogP contribution in [-0.4, -0.2) is 22.2 Å². The molecule has 29 heavy (non-hydrogen) atoms. The summed E-state index contributed by atoms with van der Waals surface area (Å²) >= 11 is 0. The van der Waals surface area contributed by atoms with Crippen molar-refractivity contribution in [2.24, 2.45) is 5.92 Å². The Morgan fingerprint density at radius 3 is 2.41 bits per heavy atom. The summed E-state index contributed by atoms with van der Waals surface area (Å²) in [7, 11) is 0. The highest BCUT2D eigenvalue weighted by atomic mass is 19.1. The van der Waals surface area contributed by atoms with Crippen molar-refractivity contribution in [3.8, 4) is 0 Å². The normalized spacial score (nSPS) is 14.9. The van der Waals surface area contributed by atoms with E-state index in [9.17, 15) is 14.0 Å². The molecule has 1 fully saturated rings. The predicted octanol–water partition coefficient (Wildman–Crippen LogP) is 3.65. The summed E-state index contributed by atoms with van der Waals surface area (Å²) in [6, 6.07) is 13.5. The van der Waals surface area contributed by atoms with Gasteiger partial charge in [-0.25, -0.2) is 9.07 Å². The lowest BCUT2D eigenvalue weighted by molar-refractivity contribution is 0.0944. The fourth-order valence-electron chi connectivity index (χ4n) is 3.73. The molecular weight excluding hydrogens is 369 g/mol. The lowest BCUT2D eigenvalue weighted by atomic mass is 9.96. The van der Waals surface area contributed by atoms with E-state index < -0.39 is 0 Å². The average Bonchev–Trinajstić information content (AvgIpc) is 3.50. The molecular formula is C23H24FN3O2. The van der Waals surface area contributed by atoms with E-state index in [1.807, 2.05) is 13.8 Å². The van der Waals surface area contributed by atoms with Gasteiger partial charge in [-0.15, -0.1) is 0 Å². The summed E-state index contributed by atoms with van der Waals surface area (Å²) in [4.78, 5) is 25.7. The van der Waals surface area contributed by atoms with Gasteiger partial charge >= 0.3 is 0 Å². The van der Waals surface area contributed by atoms with Gasteiger partial charge in [0.05, 0.1) is 5.39 Å². The molecule has 1 saturated carbocycles. The Morgan fingerprint density at radius 2 is 1.79 bits per heavy atom. The number of amides is 1. The van der Waals surface area contributed by atoms with Crippen molar-refractivity contribution >= 4 is 16.7 Å². The number of nitrogens with one attached hydrogen (secondary N) is 1. The number of aromatic nitrogens is 2. The minimum absolute atomic E-state index is 0.147. The molecule has 0 saturated heterocycles. The number of benzene rings is 2. The fraction of sp³-hybridized carbons (Fsp3) is 0.348. The van der Waals surface area contributed by atoms with Crippen molar-refractivity contribution in [3.05, 3.63) is 76.0 Å². The second kappa shape index (κ2) is 7.43. The Hall–Kier alpha value is -3.02. The lowest BCUT2D eigenvalue weighted by Crippen LogP contribution is -2.35. The van der Waals surface area contributed by atoms with Gasteiger partial charge < -0.3 is 5.32 Å². The molecule has 1 heterocycles. The molecule has 1 aliphatic carbocycles. The van der Waals surface area contributed by atoms with Gasteiger partial charge in [-0.05, 0) is 42.5 Å². The van der Waals surface area contributed by atoms with Crippen molar-refractivity contribution in [2.45, 2.75) is 38.6 Å². The van der Waals surface area contributed by atoms with Gasteiger partial charge in [-0.1, -0.05) is 44.2 Å². The van der Waals surface area contributed by atoms with Crippen LogP contribution in [0.4, 0.5) is 4.39 Å². The maximum Gasteiger partial charge on any atom is 0.274 e. The lowest BCUT2D eigenvalue weighted by Gasteiger charge is -2.17. The second-order valence-electron chi connectivity index (χ2n) is 8.25. The number of nitrogens with zero attached hydrogens (tertiary/aromatic N) is 2. The predicted molar refractivity (Wildman–Crippen MR) is 110 cm³/mol. The van der Waals surface area contributed by atoms with Crippen LogP contribution in [0.15, 0.2) is 53.3 Å². The van der Waals surface area contributed by atoms with E-state index in [2.05, 4.69) is 10.4 Å². The Bertz CT molecular complexity index is 1120. The SMILES string of the molecule is CC(C)Cn1nc(C(=O)NCC2(c3ccc(F)cc3)CC2)c2ccccc2c1=O. The van der Waals surface area contributed by atoms with Crippen molar-refractivity contribution in [1.82, 2.24) is 15.1 Å². The Balaban J connectivity index is 1.62. The summed E-state index contributed by atoms with van der Waals surface area (Å²) in [5.41, 5.74) is 0.958. The standard InChI is InChI=1S/C23H24FN3O2/c1-15(2)13-27-22(29)19-6-4-3-5-18(19)20(26-27)21(28)25-14-23(11-12-23)16-7-9-17(24)10-8-16/h3-10,15H,11-14H2,1-2H3,(H,25,28). The van der Waals surface area contributed by atoms with Crippen LogP contribution in [0.1, 0.15) is 42.7 Å². The van der Waals surface area contributed by atoms with Crippen LogP contribution in [-0.2, 0) is 12.0 Å². The van der Waals surface area contributed by atoms with Crippen LogP contribution >= 0.6 is 0 Å². The van der Waals surface area contributed by atoms with Gasteiger partial charge in [0.25, 0.3) is 11.5 Å². The first-order chi connectivity index (χ1) is 13.9. The molecule has 2 aromatic carbocycles. The van der Waals surface area contributed by atoms with E-state index in [1.165, 1.54) is 16.8 Å². The third-order valence-electron chi connectivity index (χ3n) is 5.52. The molecule has 6 heteroatoms. The zero-order chi connectivity index (χ0) is 20.6. The highest BCUT2D eigenvalue weighted by Gasteiger charge is 2.44. The summed E-state index contributed by atoms with van der Waals surface area (Å²) in [5, 5.41) is 8.44. The highest BCUT2D eigenvalue weighted by Crippen LogP contribution is 2.47. The van der Waals surface area contributed by atoms with Crippen LogP contribution in [0.25, 0.3) is 10.8 Å². The first-order valence-corrected chi connectivity index (χ1v) is 9.94. The van der Waals surface area contributed by atoms with Gasteiger partial charge in [-0.3, -0.25) is 9.59 Å². The van der Waals surface area contributed by atoms with Crippen molar-refractivity contribution in [2.75, 3.05) is 6.54 Å². The Morgan fingerprint density at radius 1 is 1.14 bits per heavy atom.